The van der Waals surface area contributed by atoms with Gasteiger partial charge in [0.25, 0.3) is 11.5 Å². The number of carbonyl (C=O) groups excluding carboxylic acids is 2. The summed E-state index contributed by atoms with van der Waals surface area (Å²) in [5, 5.41) is 12.8. The molecular weight excluding hydrogens is 796 g/mol. The minimum absolute atomic E-state index is 0.00361. The molecule has 0 bridgehead atoms. The molecule has 1 aliphatic heterocycles. The van der Waals surface area contributed by atoms with Crippen molar-refractivity contribution < 1.29 is 41.0 Å². The Morgan fingerprint density at radius 3 is 2.34 bits per heavy atom. The minimum atomic E-state index is -3.57. The van der Waals surface area contributed by atoms with Crippen molar-refractivity contribution >= 4 is 44.0 Å². The molecule has 1 fully saturated rings. The van der Waals surface area contributed by atoms with Gasteiger partial charge in [-0.25, -0.2) is 27.2 Å². The highest BCUT2D eigenvalue weighted by Crippen LogP contribution is 2.39. The first-order valence-electron chi connectivity index (χ1n) is 18.1. The quantitative estimate of drug-likeness (QED) is 0.0902. The summed E-state index contributed by atoms with van der Waals surface area (Å²) in [6.45, 7) is 3.13. The highest BCUT2D eigenvalue weighted by atomic mass is 35.5. The summed E-state index contributed by atoms with van der Waals surface area (Å²) in [7, 11) is -3.57. The van der Waals surface area contributed by atoms with Crippen LogP contribution in [0.4, 0.5) is 8.78 Å². The summed E-state index contributed by atoms with van der Waals surface area (Å²) in [6.07, 6.45) is 2.86. The molecule has 1 aliphatic rings. The number of halogens is 3. The first kappa shape index (κ1) is 41.7. The summed E-state index contributed by atoms with van der Waals surface area (Å²) >= 11 is 6.58. The van der Waals surface area contributed by atoms with E-state index < -0.39 is 58.1 Å². The van der Waals surface area contributed by atoms with E-state index in [4.69, 9.17) is 25.8 Å². The van der Waals surface area contributed by atoms with Crippen LogP contribution in [0.3, 0.4) is 0 Å². The van der Waals surface area contributed by atoms with Gasteiger partial charge in [0.15, 0.2) is 5.75 Å². The molecule has 17 heteroatoms. The molecule has 1 atom stereocenters. The Morgan fingerprint density at radius 1 is 0.948 bits per heavy atom. The van der Waals surface area contributed by atoms with Gasteiger partial charge in [0.1, 0.15) is 30.2 Å². The third kappa shape index (κ3) is 9.60. The number of ether oxygens (including phenoxy) is 3. The minimum Gasteiger partial charge on any atom is -0.493 e. The molecule has 0 radical (unpaired) electrons. The normalized spacial score (nSPS) is 14.8. The van der Waals surface area contributed by atoms with Crippen molar-refractivity contribution in [3.8, 4) is 23.3 Å². The molecule has 5 aromatic rings. The maximum atomic E-state index is 14.9. The van der Waals surface area contributed by atoms with Crippen molar-refractivity contribution in [2.45, 2.75) is 68.7 Å². The molecule has 6 rings (SSSR count). The van der Waals surface area contributed by atoms with Gasteiger partial charge in [-0.05, 0) is 77.5 Å². The Morgan fingerprint density at radius 2 is 1.66 bits per heavy atom. The van der Waals surface area contributed by atoms with Crippen molar-refractivity contribution in [1.29, 1.82) is 5.26 Å². The number of hydrogen-bond acceptors (Lipinski definition) is 11. The van der Waals surface area contributed by atoms with E-state index in [9.17, 15) is 36.8 Å². The number of carbonyl (C=O) groups is 2. The van der Waals surface area contributed by atoms with Gasteiger partial charge in [0, 0.05) is 48.7 Å². The van der Waals surface area contributed by atoms with Crippen molar-refractivity contribution in [2.24, 2.45) is 0 Å². The molecule has 3 aromatic carbocycles. The highest BCUT2D eigenvalue weighted by molar-refractivity contribution is 7.90. The van der Waals surface area contributed by atoms with E-state index >= 15 is 0 Å². The van der Waals surface area contributed by atoms with Crippen LogP contribution in [-0.4, -0.2) is 60.2 Å². The number of piperidine rings is 1. The lowest BCUT2D eigenvalue weighted by Crippen LogP contribution is -2.44. The number of pyridine rings is 1. The summed E-state index contributed by atoms with van der Waals surface area (Å²) in [4.78, 5) is 44.7. The number of nitriles is 1. The van der Waals surface area contributed by atoms with Crippen molar-refractivity contribution in [1.82, 2.24) is 19.9 Å². The van der Waals surface area contributed by atoms with Gasteiger partial charge in [-0.3, -0.25) is 19.7 Å². The van der Waals surface area contributed by atoms with Crippen LogP contribution >= 0.6 is 11.6 Å². The third-order valence-electron chi connectivity index (χ3n) is 9.77. The molecule has 58 heavy (non-hydrogen) atoms. The lowest BCUT2D eigenvalue weighted by Gasteiger charge is -2.27. The number of alkyl halides is 2. The fourth-order valence-corrected chi connectivity index (χ4v) is 7.19. The molecular formula is C41H38ClF2N5O8S. The zero-order valence-corrected chi connectivity index (χ0v) is 33.2. The maximum Gasteiger partial charge on any atom is 0.259 e. The average Bonchev–Trinajstić information content (AvgIpc) is 3.18. The van der Waals surface area contributed by atoms with Crippen LogP contribution in [0, 0.1) is 11.3 Å². The number of benzene rings is 3. The summed E-state index contributed by atoms with van der Waals surface area (Å²) in [5.41, 5.74) is 0.931. The fraction of sp³-hybridized carbons (Fsp3) is 0.317. The standard InChI is InChI=1S/C41H38ClF2N5O8S/c1-40(2,27-4-6-30(7-5-27)57-24-29-12-16-46-39(47-29)58(3,53)54)28-20-26(23-45)36(33(42)22-28)56-19-15-41(43,44)14-18-55-31-8-9-32-25(21-31)13-17-49(38(32)52)34-10-11-35(50)48-37(34)51/h4-9,12-13,16-17,20-22,34H,10-11,14-15,18-19,24H2,1-3H3,(H,48,50,51). The number of hydrogen-bond donors (Lipinski definition) is 1. The van der Waals surface area contributed by atoms with Gasteiger partial charge in [0.05, 0.1) is 29.5 Å². The van der Waals surface area contributed by atoms with Gasteiger partial charge in [-0.1, -0.05) is 37.6 Å². The van der Waals surface area contributed by atoms with E-state index in [1.165, 1.54) is 29.1 Å². The molecule has 2 aromatic heterocycles. The second-order valence-electron chi connectivity index (χ2n) is 14.3. The predicted octanol–water partition coefficient (Wildman–Crippen LogP) is 6.48. The first-order valence-corrected chi connectivity index (χ1v) is 20.3. The van der Waals surface area contributed by atoms with Crippen LogP contribution in [0.5, 0.6) is 17.2 Å². The van der Waals surface area contributed by atoms with Crippen LogP contribution in [0.15, 0.2) is 89.1 Å². The summed E-state index contributed by atoms with van der Waals surface area (Å²) in [5.74, 6) is -3.33. The van der Waals surface area contributed by atoms with Gasteiger partial charge < -0.3 is 18.8 Å². The maximum absolute atomic E-state index is 14.9. The number of fused-ring (bicyclic) bond motifs is 1. The Kier molecular flexibility index (Phi) is 12.1. The van der Waals surface area contributed by atoms with E-state index in [1.807, 2.05) is 26.0 Å². The van der Waals surface area contributed by atoms with Crippen LogP contribution in [0.1, 0.15) is 68.0 Å². The van der Waals surface area contributed by atoms with E-state index in [0.29, 0.717) is 27.8 Å². The second kappa shape index (κ2) is 16.9. The molecule has 1 N–H and O–H groups in total. The topological polar surface area (TPSA) is 180 Å². The molecule has 302 valence electrons. The van der Waals surface area contributed by atoms with Crippen molar-refractivity contribution in [2.75, 3.05) is 19.5 Å². The zero-order chi connectivity index (χ0) is 41.8. The lowest BCUT2D eigenvalue weighted by molar-refractivity contribution is -0.135. The third-order valence-corrected chi connectivity index (χ3v) is 10.9. The fourth-order valence-electron chi connectivity index (χ4n) is 6.38. The Balaban J connectivity index is 1.02. The van der Waals surface area contributed by atoms with Crippen molar-refractivity contribution in [3.05, 3.63) is 117 Å². The molecule has 1 unspecified atom stereocenters. The number of imide groups is 1. The Hall–Kier alpha value is -5.92. The molecule has 3 heterocycles. The number of nitrogens with zero attached hydrogens (tertiary/aromatic N) is 4. The smallest absolute Gasteiger partial charge is 0.259 e. The number of aromatic nitrogens is 3. The SMILES string of the molecule is CC(C)(c1ccc(OCc2ccnc(S(C)(=O)=O)n2)cc1)c1cc(Cl)c(OCCC(F)(F)CCOc2ccc3c(=O)n(C4CCC(=O)NC4=O)ccc3c2)c(C#N)c1. The number of amides is 2. The van der Waals surface area contributed by atoms with Gasteiger partial charge in [-0.2, -0.15) is 5.26 Å². The Bertz CT molecular complexity index is 2590. The number of rotatable bonds is 15. The molecule has 0 spiro atoms. The number of sulfone groups is 1. The Labute approximate surface area is 337 Å². The van der Waals surface area contributed by atoms with Crippen LogP contribution in [0.2, 0.25) is 5.02 Å². The van der Waals surface area contributed by atoms with Crippen LogP contribution in [0.25, 0.3) is 10.8 Å². The van der Waals surface area contributed by atoms with Gasteiger partial charge in [0.2, 0.25) is 26.8 Å². The van der Waals surface area contributed by atoms with E-state index in [1.54, 1.807) is 42.5 Å². The van der Waals surface area contributed by atoms with Gasteiger partial charge in [-0.15, -0.1) is 0 Å². The van der Waals surface area contributed by atoms with E-state index in [0.717, 1.165) is 11.8 Å². The first-order chi connectivity index (χ1) is 27.4. The second-order valence-corrected chi connectivity index (χ2v) is 16.6. The van der Waals surface area contributed by atoms with Gasteiger partial charge >= 0.3 is 0 Å². The molecule has 0 aliphatic carbocycles. The lowest BCUT2D eigenvalue weighted by atomic mass is 9.77. The summed E-state index contributed by atoms with van der Waals surface area (Å²) in [6, 6.07) is 19.4. The van der Waals surface area contributed by atoms with Crippen LogP contribution in [-0.2, 0) is 31.4 Å². The van der Waals surface area contributed by atoms with Crippen molar-refractivity contribution in [3.63, 3.8) is 0 Å². The zero-order valence-electron chi connectivity index (χ0n) is 31.6. The molecule has 2 amide bonds. The van der Waals surface area contributed by atoms with E-state index in [-0.39, 0.29) is 59.2 Å². The van der Waals surface area contributed by atoms with E-state index in [2.05, 4.69) is 21.4 Å². The molecule has 13 nitrogen and oxygen atoms in total. The average molecular weight is 834 g/mol. The molecule has 0 saturated carbocycles. The number of nitrogens with one attached hydrogen (secondary N) is 1. The highest BCUT2D eigenvalue weighted by Gasteiger charge is 2.31. The summed E-state index contributed by atoms with van der Waals surface area (Å²) < 4.78 is 71.7. The molecule has 1 saturated heterocycles. The van der Waals surface area contributed by atoms with Crippen LogP contribution < -0.4 is 25.1 Å². The monoisotopic (exact) mass is 833 g/mol. The predicted molar refractivity (Wildman–Crippen MR) is 209 cm³/mol. The largest absolute Gasteiger partial charge is 0.493 e.